The summed E-state index contributed by atoms with van der Waals surface area (Å²) >= 11 is 0. The Balaban J connectivity index is 1.96. The van der Waals surface area contributed by atoms with Crippen LogP contribution in [0.2, 0.25) is 0 Å². The van der Waals surface area contributed by atoms with Crippen LogP contribution in [0.5, 0.6) is 0 Å². The SMILES string of the molecule is O=S(=O)(c1c(F)cccc1F)N(Cc1ccc(F)cc1)CC1CC1. The number of hydrogen-bond acceptors (Lipinski definition) is 2. The second-order valence-electron chi connectivity index (χ2n) is 5.92. The average molecular weight is 355 g/mol. The highest BCUT2D eigenvalue weighted by atomic mass is 32.2. The van der Waals surface area contributed by atoms with Crippen molar-refractivity contribution in [3.63, 3.8) is 0 Å². The van der Waals surface area contributed by atoms with Crippen molar-refractivity contribution in [2.24, 2.45) is 5.92 Å². The first kappa shape index (κ1) is 17.0. The van der Waals surface area contributed by atoms with Crippen molar-refractivity contribution in [3.05, 3.63) is 65.5 Å². The zero-order chi connectivity index (χ0) is 17.3. The van der Waals surface area contributed by atoms with Crippen LogP contribution in [0.3, 0.4) is 0 Å². The quantitative estimate of drug-likeness (QED) is 0.792. The van der Waals surface area contributed by atoms with E-state index in [2.05, 4.69) is 0 Å². The molecule has 1 fully saturated rings. The fourth-order valence-corrected chi connectivity index (χ4v) is 4.10. The zero-order valence-corrected chi connectivity index (χ0v) is 13.6. The topological polar surface area (TPSA) is 37.4 Å². The number of nitrogens with zero attached hydrogens (tertiary/aromatic N) is 1. The van der Waals surface area contributed by atoms with Gasteiger partial charge in [-0.25, -0.2) is 21.6 Å². The maximum Gasteiger partial charge on any atom is 0.249 e. The summed E-state index contributed by atoms with van der Waals surface area (Å²) in [6, 6.07) is 8.33. The minimum atomic E-state index is -4.34. The van der Waals surface area contributed by atoms with E-state index >= 15 is 0 Å². The molecule has 0 spiro atoms. The molecule has 3 rings (SSSR count). The highest BCUT2D eigenvalue weighted by Gasteiger charge is 2.35. The van der Waals surface area contributed by atoms with Gasteiger partial charge in [-0.1, -0.05) is 18.2 Å². The van der Waals surface area contributed by atoms with Crippen LogP contribution in [0, 0.1) is 23.4 Å². The lowest BCUT2D eigenvalue weighted by Gasteiger charge is -2.23. The molecule has 3 nitrogen and oxygen atoms in total. The Hall–Kier alpha value is -1.86. The molecule has 2 aromatic rings. The lowest BCUT2D eigenvalue weighted by molar-refractivity contribution is 0.383. The van der Waals surface area contributed by atoms with Gasteiger partial charge >= 0.3 is 0 Å². The molecule has 0 bridgehead atoms. The summed E-state index contributed by atoms with van der Waals surface area (Å²) in [7, 11) is -4.34. The Kier molecular flexibility index (Phi) is 4.64. The molecular weight excluding hydrogens is 339 g/mol. The van der Waals surface area contributed by atoms with E-state index in [1.165, 1.54) is 24.3 Å². The molecule has 0 saturated heterocycles. The summed E-state index contributed by atoms with van der Waals surface area (Å²) in [6.45, 7) is 0.125. The Labute approximate surface area is 138 Å². The summed E-state index contributed by atoms with van der Waals surface area (Å²) in [4.78, 5) is -0.937. The van der Waals surface area contributed by atoms with Crippen molar-refractivity contribution in [1.82, 2.24) is 4.31 Å². The summed E-state index contributed by atoms with van der Waals surface area (Å²) in [5, 5.41) is 0. The second kappa shape index (κ2) is 6.57. The highest BCUT2D eigenvalue weighted by Crippen LogP contribution is 2.33. The lowest BCUT2D eigenvalue weighted by atomic mass is 10.2. The maximum atomic E-state index is 14.0. The molecule has 0 radical (unpaired) electrons. The average Bonchev–Trinajstić information content (AvgIpc) is 3.32. The molecule has 0 heterocycles. The molecule has 1 saturated carbocycles. The van der Waals surface area contributed by atoms with E-state index in [-0.39, 0.29) is 19.0 Å². The van der Waals surface area contributed by atoms with Gasteiger partial charge in [0.2, 0.25) is 10.0 Å². The molecule has 1 aliphatic carbocycles. The van der Waals surface area contributed by atoms with E-state index in [1.54, 1.807) is 0 Å². The van der Waals surface area contributed by atoms with Crippen LogP contribution >= 0.6 is 0 Å². The van der Waals surface area contributed by atoms with E-state index in [1.807, 2.05) is 0 Å². The van der Waals surface area contributed by atoms with Gasteiger partial charge in [0.25, 0.3) is 0 Å². The predicted molar refractivity (Wildman–Crippen MR) is 83.1 cm³/mol. The third-order valence-corrected chi connectivity index (χ3v) is 5.81. The molecule has 7 heteroatoms. The maximum absolute atomic E-state index is 14.0. The second-order valence-corrected chi connectivity index (χ2v) is 7.79. The van der Waals surface area contributed by atoms with Crippen molar-refractivity contribution in [3.8, 4) is 0 Å². The van der Waals surface area contributed by atoms with Gasteiger partial charge in [-0.05, 0) is 48.6 Å². The van der Waals surface area contributed by atoms with Crippen LogP contribution in [0.15, 0.2) is 47.4 Å². The fourth-order valence-electron chi connectivity index (χ4n) is 2.49. The smallest absolute Gasteiger partial charge is 0.207 e. The van der Waals surface area contributed by atoms with E-state index in [0.29, 0.717) is 5.56 Å². The molecule has 128 valence electrons. The molecule has 0 N–H and O–H groups in total. The first-order valence-corrected chi connectivity index (χ1v) is 9.00. The van der Waals surface area contributed by atoms with Crippen molar-refractivity contribution >= 4 is 10.0 Å². The van der Waals surface area contributed by atoms with E-state index < -0.39 is 32.4 Å². The van der Waals surface area contributed by atoms with Gasteiger partial charge in [0.1, 0.15) is 17.5 Å². The van der Waals surface area contributed by atoms with Crippen LogP contribution in [-0.2, 0) is 16.6 Å². The largest absolute Gasteiger partial charge is 0.249 e. The summed E-state index contributed by atoms with van der Waals surface area (Å²) in [6.07, 6.45) is 1.77. The molecular formula is C17H16F3NO2S. The van der Waals surface area contributed by atoms with Crippen molar-refractivity contribution < 1.29 is 21.6 Å². The Morgan fingerprint density at radius 2 is 1.54 bits per heavy atom. The minimum Gasteiger partial charge on any atom is -0.207 e. The van der Waals surface area contributed by atoms with Gasteiger partial charge in [-0.15, -0.1) is 0 Å². The Morgan fingerprint density at radius 1 is 0.958 bits per heavy atom. The summed E-state index contributed by atoms with van der Waals surface area (Å²) < 4.78 is 67.6. The number of sulfonamides is 1. The molecule has 0 amide bonds. The number of halogens is 3. The molecule has 0 atom stereocenters. The minimum absolute atomic E-state index is 0.0626. The summed E-state index contributed by atoms with van der Waals surface area (Å²) in [5.74, 6) is -2.48. The third-order valence-electron chi connectivity index (χ3n) is 3.95. The Bertz CT molecular complexity index is 813. The molecule has 0 unspecified atom stereocenters. The van der Waals surface area contributed by atoms with Gasteiger partial charge in [0, 0.05) is 13.1 Å². The number of rotatable bonds is 6. The van der Waals surface area contributed by atoms with Crippen molar-refractivity contribution in [2.45, 2.75) is 24.3 Å². The third kappa shape index (κ3) is 3.62. The van der Waals surface area contributed by atoms with Gasteiger partial charge in [0.15, 0.2) is 4.90 Å². The molecule has 24 heavy (non-hydrogen) atoms. The standard InChI is InChI=1S/C17H16F3NO2S/c18-14-8-6-13(7-9-14)11-21(10-12-4-5-12)24(22,23)17-15(19)2-1-3-16(17)20/h1-3,6-9,12H,4-5,10-11H2. The van der Waals surface area contributed by atoms with Crippen LogP contribution in [0.4, 0.5) is 13.2 Å². The molecule has 0 aliphatic heterocycles. The van der Waals surface area contributed by atoms with E-state index in [9.17, 15) is 21.6 Å². The first-order chi connectivity index (χ1) is 11.4. The van der Waals surface area contributed by atoms with Gasteiger partial charge < -0.3 is 0 Å². The van der Waals surface area contributed by atoms with Crippen LogP contribution in [0.1, 0.15) is 18.4 Å². The monoisotopic (exact) mass is 355 g/mol. The van der Waals surface area contributed by atoms with Gasteiger partial charge in [-0.2, -0.15) is 4.31 Å². The predicted octanol–water partition coefficient (Wildman–Crippen LogP) is 3.70. The van der Waals surface area contributed by atoms with Crippen LogP contribution in [-0.4, -0.2) is 19.3 Å². The zero-order valence-electron chi connectivity index (χ0n) is 12.8. The molecule has 1 aliphatic rings. The normalized spacial score (nSPS) is 15.0. The van der Waals surface area contributed by atoms with Crippen LogP contribution < -0.4 is 0 Å². The summed E-state index contributed by atoms with van der Waals surface area (Å²) in [5.41, 5.74) is 0.553. The lowest BCUT2D eigenvalue weighted by Crippen LogP contribution is -2.33. The Morgan fingerprint density at radius 3 is 2.08 bits per heavy atom. The van der Waals surface area contributed by atoms with Gasteiger partial charge in [-0.3, -0.25) is 0 Å². The van der Waals surface area contributed by atoms with E-state index in [0.717, 1.165) is 35.3 Å². The van der Waals surface area contributed by atoms with Gasteiger partial charge in [0.05, 0.1) is 0 Å². The number of benzene rings is 2. The highest BCUT2D eigenvalue weighted by molar-refractivity contribution is 7.89. The van der Waals surface area contributed by atoms with Crippen molar-refractivity contribution in [2.75, 3.05) is 6.54 Å². The van der Waals surface area contributed by atoms with E-state index in [4.69, 9.17) is 0 Å². The molecule has 0 aromatic heterocycles. The van der Waals surface area contributed by atoms with Crippen LogP contribution in [0.25, 0.3) is 0 Å². The number of hydrogen-bond donors (Lipinski definition) is 0. The first-order valence-electron chi connectivity index (χ1n) is 7.56. The fraction of sp³-hybridized carbons (Fsp3) is 0.294. The van der Waals surface area contributed by atoms with Crippen molar-refractivity contribution in [1.29, 1.82) is 0 Å². The molecule has 2 aromatic carbocycles.